The van der Waals surface area contributed by atoms with E-state index >= 15 is 0 Å². The van der Waals surface area contributed by atoms with E-state index in [1.165, 1.54) is 6.42 Å². The minimum Gasteiger partial charge on any atom is -0.493 e. The molecule has 2 rings (SSSR count). The molecule has 4 nitrogen and oxygen atoms in total. The zero-order valence-electron chi connectivity index (χ0n) is 12.2. The van der Waals surface area contributed by atoms with Crippen LogP contribution in [0.4, 0.5) is 0 Å². The summed E-state index contributed by atoms with van der Waals surface area (Å²) in [5, 5.41) is 0. The van der Waals surface area contributed by atoms with Crippen LogP contribution in [0.3, 0.4) is 0 Å². The Kier molecular flexibility index (Phi) is 5.41. The van der Waals surface area contributed by atoms with Crippen molar-refractivity contribution in [2.75, 3.05) is 19.7 Å². The lowest BCUT2D eigenvalue weighted by molar-refractivity contribution is 0.0685. The standard InChI is InChI=1S/C16H24N2O2/c1-2-20-15-10-6-5-9-14(15)16(19)18-11-7-3-4-8-13(18)12-17/h5-6,9-10,13H,2-4,7-8,11-12,17H2,1H3. The molecule has 1 saturated heterocycles. The Balaban J connectivity index is 2.24. The minimum atomic E-state index is 0.0476. The molecule has 20 heavy (non-hydrogen) atoms. The van der Waals surface area contributed by atoms with Crippen molar-refractivity contribution in [1.29, 1.82) is 0 Å². The molecule has 1 unspecified atom stereocenters. The molecule has 4 heteroatoms. The third-order valence-corrected chi connectivity index (χ3v) is 3.83. The molecule has 1 aromatic rings. The Morgan fingerprint density at radius 1 is 1.35 bits per heavy atom. The van der Waals surface area contributed by atoms with Gasteiger partial charge in [-0.3, -0.25) is 4.79 Å². The summed E-state index contributed by atoms with van der Waals surface area (Å²) in [6.07, 6.45) is 4.38. The van der Waals surface area contributed by atoms with E-state index in [4.69, 9.17) is 10.5 Å². The first-order valence-corrected chi connectivity index (χ1v) is 7.50. The lowest BCUT2D eigenvalue weighted by Crippen LogP contribution is -2.44. The summed E-state index contributed by atoms with van der Waals surface area (Å²) in [7, 11) is 0. The number of ether oxygens (including phenoxy) is 1. The normalized spacial score (nSPS) is 19.5. The number of hydrogen-bond donors (Lipinski definition) is 1. The Labute approximate surface area is 120 Å². The maximum atomic E-state index is 12.8. The number of nitrogens with two attached hydrogens (primary N) is 1. The molecular weight excluding hydrogens is 252 g/mol. The Bertz CT molecular complexity index is 448. The second kappa shape index (κ2) is 7.29. The molecule has 1 aliphatic heterocycles. The third kappa shape index (κ3) is 3.31. The first-order valence-electron chi connectivity index (χ1n) is 7.50. The van der Waals surface area contributed by atoms with Crippen LogP contribution in [-0.4, -0.2) is 36.5 Å². The molecule has 0 bridgehead atoms. The van der Waals surface area contributed by atoms with E-state index in [1.807, 2.05) is 36.1 Å². The average Bonchev–Trinajstić information content (AvgIpc) is 2.72. The van der Waals surface area contributed by atoms with Gasteiger partial charge in [0.2, 0.25) is 0 Å². The van der Waals surface area contributed by atoms with Gasteiger partial charge in [-0.1, -0.05) is 25.0 Å². The van der Waals surface area contributed by atoms with Gasteiger partial charge in [-0.25, -0.2) is 0 Å². The van der Waals surface area contributed by atoms with Crippen molar-refractivity contribution in [3.8, 4) is 5.75 Å². The van der Waals surface area contributed by atoms with Gasteiger partial charge in [0.15, 0.2) is 0 Å². The zero-order valence-corrected chi connectivity index (χ0v) is 12.2. The summed E-state index contributed by atoms with van der Waals surface area (Å²) in [5.74, 6) is 0.714. The fourth-order valence-electron chi connectivity index (χ4n) is 2.77. The lowest BCUT2D eigenvalue weighted by atomic mass is 10.1. The van der Waals surface area contributed by atoms with Crippen LogP contribution in [0.5, 0.6) is 5.75 Å². The lowest BCUT2D eigenvalue weighted by Gasteiger charge is -2.29. The third-order valence-electron chi connectivity index (χ3n) is 3.83. The number of rotatable bonds is 4. The summed E-state index contributed by atoms with van der Waals surface area (Å²) in [6.45, 7) is 3.81. The number of benzene rings is 1. The fraction of sp³-hybridized carbons (Fsp3) is 0.562. The minimum absolute atomic E-state index is 0.0476. The van der Waals surface area contributed by atoms with Crippen molar-refractivity contribution in [2.24, 2.45) is 5.73 Å². The Hall–Kier alpha value is -1.55. The van der Waals surface area contributed by atoms with Gasteiger partial charge in [-0.15, -0.1) is 0 Å². The molecule has 0 radical (unpaired) electrons. The predicted molar refractivity (Wildman–Crippen MR) is 80.0 cm³/mol. The second-order valence-electron chi connectivity index (χ2n) is 5.17. The molecule has 1 atom stereocenters. The van der Waals surface area contributed by atoms with Crippen LogP contribution in [0.1, 0.15) is 43.0 Å². The van der Waals surface area contributed by atoms with Gasteiger partial charge < -0.3 is 15.4 Å². The van der Waals surface area contributed by atoms with Gasteiger partial charge in [-0.05, 0) is 31.9 Å². The topological polar surface area (TPSA) is 55.6 Å². The molecule has 0 aliphatic carbocycles. The fourth-order valence-corrected chi connectivity index (χ4v) is 2.77. The molecule has 0 saturated carbocycles. The monoisotopic (exact) mass is 276 g/mol. The number of likely N-dealkylation sites (tertiary alicyclic amines) is 1. The van der Waals surface area contributed by atoms with Gasteiger partial charge in [0, 0.05) is 19.1 Å². The van der Waals surface area contributed by atoms with E-state index in [2.05, 4.69) is 0 Å². The van der Waals surface area contributed by atoms with Gasteiger partial charge in [-0.2, -0.15) is 0 Å². The van der Waals surface area contributed by atoms with Gasteiger partial charge in [0.25, 0.3) is 5.91 Å². The van der Waals surface area contributed by atoms with E-state index in [0.29, 0.717) is 24.5 Å². The van der Waals surface area contributed by atoms with Crippen molar-refractivity contribution in [3.63, 3.8) is 0 Å². The highest BCUT2D eigenvalue weighted by atomic mass is 16.5. The number of para-hydroxylation sites is 1. The smallest absolute Gasteiger partial charge is 0.257 e. The van der Waals surface area contributed by atoms with Crippen LogP contribution >= 0.6 is 0 Å². The van der Waals surface area contributed by atoms with Gasteiger partial charge >= 0.3 is 0 Å². The first kappa shape index (κ1) is 14.9. The predicted octanol–water partition coefficient (Wildman–Crippen LogP) is 2.43. The molecule has 0 aromatic heterocycles. The number of carbonyl (C=O) groups is 1. The first-order chi connectivity index (χ1) is 9.77. The molecule has 1 aromatic carbocycles. The van der Waals surface area contributed by atoms with Crippen LogP contribution < -0.4 is 10.5 Å². The molecule has 110 valence electrons. The van der Waals surface area contributed by atoms with Crippen molar-refractivity contribution in [3.05, 3.63) is 29.8 Å². The van der Waals surface area contributed by atoms with Crippen LogP contribution in [0.15, 0.2) is 24.3 Å². The maximum Gasteiger partial charge on any atom is 0.257 e. The molecule has 2 N–H and O–H groups in total. The van der Waals surface area contributed by atoms with E-state index in [9.17, 15) is 4.79 Å². The van der Waals surface area contributed by atoms with Crippen LogP contribution in [0.2, 0.25) is 0 Å². The molecule has 1 heterocycles. The molecule has 0 spiro atoms. The van der Waals surface area contributed by atoms with Crippen LogP contribution in [0.25, 0.3) is 0 Å². The Morgan fingerprint density at radius 2 is 2.15 bits per heavy atom. The van der Waals surface area contributed by atoms with Gasteiger partial charge in [0.05, 0.1) is 12.2 Å². The average molecular weight is 276 g/mol. The maximum absolute atomic E-state index is 12.8. The van der Waals surface area contributed by atoms with Crippen LogP contribution in [-0.2, 0) is 0 Å². The summed E-state index contributed by atoms with van der Waals surface area (Å²) >= 11 is 0. The van der Waals surface area contributed by atoms with E-state index < -0.39 is 0 Å². The molecule has 1 fully saturated rings. The highest BCUT2D eigenvalue weighted by Crippen LogP contribution is 2.24. The number of nitrogens with zero attached hydrogens (tertiary/aromatic N) is 1. The van der Waals surface area contributed by atoms with E-state index in [0.717, 1.165) is 25.8 Å². The summed E-state index contributed by atoms with van der Waals surface area (Å²) in [4.78, 5) is 14.7. The van der Waals surface area contributed by atoms with Crippen molar-refractivity contribution >= 4 is 5.91 Å². The largest absolute Gasteiger partial charge is 0.493 e. The summed E-state index contributed by atoms with van der Waals surface area (Å²) in [6, 6.07) is 7.62. The van der Waals surface area contributed by atoms with Crippen molar-refractivity contribution in [2.45, 2.75) is 38.6 Å². The zero-order chi connectivity index (χ0) is 14.4. The van der Waals surface area contributed by atoms with E-state index in [-0.39, 0.29) is 11.9 Å². The highest BCUT2D eigenvalue weighted by molar-refractivity contribution is 5.97. The number of carbonyl (C=O) groups excluding carboxylic acids is 1. The highest BCUT2D eigenvalue weighted by Gasteiger charge is 2.26. The molecular formula is C16H24N2O2. The van der Waals surface area contributed by atoms with Gasteiger partial charge in [0.1, 0.15) is 5.75 Å². The van der Waals surface area contributed by atoms with Crippen molar-refractivity contribution < 1.29 is 9.53 Å². The van der Waals surface area contributed by atoms with E-state index in [1.54, 1.807) is 0 Å². The SMILES string of the molecule is CCOc1ccccc1C(=O)N1CCCCCC1CN. The quantitative estimate of drug-likeness (QED) is 0.919. The van der Waals surface area contributed by atoms with Crippen LogP contribution in [0, 0.1) is 0 Å². The number of amides is 1. The molecule has 1 aliphatic rings. The summed E-state index contributed by atoms with van der Waals surface area (Å²) in [5.41, 5.74) is 6.50. The summed E-state index contributed by atoms with van der Waals surface area (Å²) < 4.78 is 5.57. The number of hydrogen-bond acceptors (Lipinski definition) is 3. The molecule has 1 amide bonds. The second-order valence-corrected chi connectivity index (χ2v) is 5.17. The Morgan fingerprint density at radius 3 is 2.90 bits per heavy atom. The van der Waals surface area contributed by atoms with Crippen molar-refractivity contribution in [1.82, 2.24) is 4.90 Å².